The van der Waals surface area contributed by atoms with E-state index in [0.29, 0.717) is 101 Å². The molecule has 374 valence electrons. The Bertz CT molecular complexity index is 4820. The van der Waals surface area contributed by atoms with Crippen molar-refractivity contribution in [3.63, 3.8) is 0 Å². The SMILES string of the molecule is N#Cc1ccc(-c2ccc3c(c2)c2ccccc2n3-c2cccc(-c3nc(-c4ccccc4)nc(-c4ccccc4)n3)c2-c2c(-n3c4ccccc4c4cc(-c5ccc(C#N)cc5C#N)ccc43)cccc2C(F)(F)F)c(C#N)c1. The van der Waals surface area contributed by atoms with Crippen LogP contribution in [0.1, 0.15) is 27.8 Å². The summed E-state index contributed by atoms with van der Waals surface area (Å²) in [4.78, 5) is 15.3. The predicted octanol–water partition coefficient (Wildman–Crippen LogP) is 16.6. The van der Waals surface area contributed by atoms with Crippen molar-refractivity contribution in [2.24, 2.45) is 0 Å². The number of rotatable bonds is 8. The summed E-state index contributed by atoms with van der Waals surface area (Å²) in [7, 11) is 0. The summed E-state index contributed by atoms with van der Waals surface area (Å²) in [5, 5.41) is 42.9. The number of halogens is 3. The van der Waals surface area contributed by atoms with E-state index >= 15 is 13.2 Å². The molecule has 0 fully saturated rings. The highest BCUT2D eigenvalue weighted by molar-refractivity contribution is 6.13. The average molecular weight is 1040 g/mol. The zero-order chi connectivity index (χ0) is 54.6. The maximum atomic E-state index is 16.6. The first kappa shape index (κ1) is 48.2. The molecule has 9 nitrogen and oxygen atoms in total. The molecule has 0 N–H and O–H groups in total. The molecule has 13 rings (SSSR count). The molecule has 0 unspecified atom stereocenters. The van der Waals surface area contributed by atoms with Gasteiger partial charge in [-0.3, -0.25) is 0 Å². The van der Waals surface area contributed by atoms with Gasteiger partial charge in [0, 0.05) is 49.4 Å². The van der Waals surface area contributed by atoms with Crippen molar-refractivity contribution in [3.8, 4) is 103 Å². The van der Waals surface area contributed by atoms with E-state index in [0.717, 1.165) is 27.6 Å². The summed E-state index contributed by atoms with van der Waals surface area (Å²) in [6.07, 6.45) is -4.91. The highest BCUT2D eigenvalue weighted by atomic mass is 19.4. The highest BCUT2D eigenvalue weighted by Gasteiger charge is 2.38. The smallest absolute Gasteiger partial charge is 0.309 e. The third-order valence-electron chi connectivity index (χ3n) is 14.6. The van der Waals surface area contributed by atoms with Gasteiger partial charge in [0.05, 0.1) is 85.5 Å². The molecule has 0 amide bonds. The van der Waals surface area contributed by atoms with Crippen molar-refractivity contribution in [3.05, 3.63) is 246 Å². The van der Waals surface area contributed by atoms with E-state index in [1.54, 1.807) is 48.5 Å². The van der Waals surface area contributed by atoms with E-state index in [-0.39, 0.29) is 22.6 Å². The Hall–Kier alpha value is -11.4. The average Bonchev–Trinajstić information content (AvgIpc) is 3.96. The molecule has 0 bridgehead atoms. The summed E-state index contributed by atoms with van der Waals surface area (Å²) >= 11 is 0. The summed E-state index contributed by atoms with van der Waals surface area (Å²) in [5.41, 5.74) is 7.93. The Balaban J connectivity index is 1.16. The minimum atomic E-state index is -4.91. The van der Waals surface area contributed by atoms with Crippen LogP contribution in [-0.2, 0) is 6.18 Å². The van der Waals surface area contributed by atoms with Crippen LogP contribution in [-0.4, -0.2) is 24.1 Å². The normalized spacial score (nSPS) is 11.4. The van der Waals surface area contributed by atoms with Gasteiger partial charge in [-0.15, -0.1) is 0 Å². The van der Waals surface area contributed by atoms with Gasteiger partial charge in [0.1, 0.15) is 0 Å². The number of hydrogen-bond acceptors (Lipinski definition) is 7. The molecule has 13 aromatic rings. The lowest BCUT2D eigenvalue weighted by molar-refractivity contribution is -0.137. The van der Waals surface area contributed by atoms with E-state index in [1.165, 1.54) is 6.07 Å². The Labute approximate surface area is 455 Å². The minimum absolute atomic E-state index is 0.132. The van der Waals surface area contributed by atoms with E-state index in [1.807, 2.05) is 167 Å². The first-order chi connectivity index (χ1) is 39.1. The van der Waals surface area contributed by atoms with Crippen molar-refractivity contribution >= 4 is 43.6 Å². The van der Waals surface area contributed by atoms with Gasteiger partial charge in [-0.25, -0.2) is 15.0 Å². The van der Waals surface area contributed by atoms with Gasteiger partial charge < -0.3 is 9.13 Å². The molecule has 0 aliphatic rings. The van der Waals surface area contributed by atoms with Gasteiger partial charge in [0.2, 0.25) is 0 Å². The van der Waals surface area contributed by atoms with Gasteiger partial charge in [-0.2, -0.15) is 34.2 Å². The molecule has 0 spiro atoms. The molecule has 0 aliphatic carbocycles. The Morgan fingerprint density at radius 2 is 0.775 bits per heavy atom. The van der Waals surface area contributed by atoms with Gasteiger partial charge in [0.25, 0.3) is 0 Å². The van der Waals surface area contributed by atoms with Crippen LogP contribution in [0.3, 0.4) is 0 Å². The third-order valence-corrected chi connectivity index (χ3v) is 14.6. The second-order valence-electron chi connectivity index (χ2n) is 19.1. The second-order valence-corrected chi connectivity index (χ2v) is 19.1. The molecule has 10 aromatic carbocycles. The largest absolute Gasteiger partial charge is 0.417 e. The molecular weight excluding hydrogens is 1000 g/mol. The standard InChI is InChI=1S/C68H36F3N9/c69-68(70,71)56-20-12-24-62(80-58-22-10-8-18-52(58)55-36-46(28-32-60(55)80)50-30-26-42(38-73)34-48(50)40-75)64(56)63-53(67-77-65(43-13-3-1-4-14-43)76-66(78-67)44-15-5-2-6-16-44)19-11-23-61(63)79-57-21-9-7-17-51(57)54-35-45(27-31-59(54)79)49-29-25-41(37-72)33-47(49)39-74/h1-36H. The topological polar surface area (TPSA) is 144 Å². The van der Waals surface area contributed by atoms with Crippen LogP contribution in [0.25, 0.3) is 123 Å². The summed E-state index contributed by atoms with van der Waals surface area (Å²) in [6.45, 7) is 0. The first-order valence-electron chi connectivity index (χ1n) is 25.3. The van der Waals surface area contributed by atoms with E-state index in [4.69, 9.17) is 15.0 Å². The van der Waals surface area contributed by atoms with Crippen LogP contribution in [0.15, 0.2) is 218 Å². The molecular formula is C68H36F3N9. The summed E-state index contributed by atoms with van der Waals surface area (Å²) < 4.78 is 53.7. The Morgan fingerprint density at radius 3 is 1.25 bits per heavy atom. The number of benzene rings is 10. The molecule has 12 heteroatoms. The van der Waals surface area contributed by atoms with Crippen molar-refractivity contribution in [1.29, 1.82) is 21.0 Å². The Kier molecular flexibility index (Phi) is 11.6. The molecule has 0 atom stereocenters. The van der Waals surface area contributed by atoms with Crippen molar-refractivity contribution in [2.45, 2.75) is 6.18 Å². The predicted molar refractivity (Wildman–Crippen MR) is 305 cm³/mol. The monoisotopic (exact) mass is 1040 g/mol. The molecule has 3 heterocycles. The number of alkyl halides is 3. The van der Waals surface area contributed by atoms with Crippen LogP contribution in [0.4, 0.5) is 13.2 Å². The number of aromatic nitrogens is 5. The lowest BCUT2D eigenvalue weighted by atomic mass is 9.90. The van der Waals surface area contributed by atoms with Crippen molar-refractivity contribution < 1.29 is 13.2 Å². The quantitative estimate of drug-likeness (QED) is 0.147. The number of nitriles is 4. The zero-order valence-electron chi connectivity index (χ0n) is 41.9. The lowest BCUT2D eigenvalue weighted by Gasteiger charge is -2.24. The van der Waals surface area contributed by atoms with E-state index < -0.39 is 11.7 Å². The third kappa shape index (κ3) is 8.05. The maximum absolute atomic E-state index is 16.6. The second kappa shape index (κ2) is 19.3. The van der Waals surface area contributed by atoms with Crippen molar-refractivity contribution in [2.75, 3.05) is 0 Å². The van der Waals surface area contributed by atoms with Crippen molar-refractivity contribution in [1.82, 2.24) is 24.1 Å². The van der Waals surface area contributed by atoms with Crippen LogP contribution in [0.2, 0.25) is 0 Å². The Morgan fingerprint density at radius 1 is 0.338 bits per heavy atom. The summed E-state index contributed by atoms with van der Waals surface area (Å²) in [5.74, 6) is 0.770. The van der Waals surface area contributed by atoms with Gasteiger partial charge >= 0.3 is 6.18 Å². The molecule has 0 aliphatic heterocycles. The van der Waals surface area contributed by atoms with Crippen LogP contribution in [0.5, 0.6) is 0 Å². The van der Waals surface area contributed by atoms with Crippen LogP contribution < -0.4 is 0 Å². The number of para-hydroxylation sites is 2. The molecule has 80 heavy (non-hydrogen) atoms. The molecule has 0 saturated carbocycles. The highest BCUT2D eigenvalue weighted by Crippen LogP contribution is 2.50. The molecule has 0 radical (unpaired) electrons. The number of hydrogen-bond donors (Lipinski definition) is 0. The van der Waals surface area contributed by atoms with Gasteiger partial charge in [-0.05, 0) is 101 Å². The fourth-order valence-electron chi connectivity index (χ4n) is 11.0. The zero-order valence-corrected chi connectivity index (χ0v) is 41.9. The lowest BCUT2D eigenvalue weighted by Crippen LogP contribution is -2.12. The van der Waals surface area contributed by atoms with E-state index in [2.05, 4.69) is 24.3 Å². The first-order valence-corrected chi connectivity index (χ1v) is 25.3. The van der Waals surface area contributed by atoms with Gasteiger partial charge in [-0.1, -0.05) is 140 Å². The molecule has 3 aromatic heterocycles. The number of nitrogens with zero attached hydrogens (tertiary/aromatic N) is 9. The van der Waals surface area contributed by atoms with Crippen LogP contribution in [0, 0.1) is 45.3 Å². The van der Waals surface area contributed by atoms with Gasteiger partial charge in [0.15, 0.2) is 17.5 Å². The molecule has 0 saturated heterocycles. The fraction of sp³-hybridized carbons (Fsp3) is 0.0147. The van der Waals surface area contributed by atoms with E-state index in [9.17, 15) is 21.0 Å². The van der Waals surface area contributed by atoms with Crippen LogP contribution >= 0.6 is 0 Å². The minimum Gasteiger partial charge on any atom is -0.309 e. The maximum Gasteiger partial charge on any atom is 0.417 e. The number of fused-ring (bicyclic) bond motifs is 6. The summed E-state index contributed by atoms with van der Waals surface area (Å²) in [6, 6.07) is 73.7. The fourth-order valence-corrected chi connectivity index (χ4v) is 11.0.